The highest BCUT2D eigenvalue weighted by Crippen LogP contribution is 2.20. The van der Waals surface area contributed by atoms with E-state index in [0.717, 1.165) is 35.3 Å². The average Bonchev–Trinajstić information content (AvgIpc) is 2.92. The number of carbonyl (C=O) groups excluding carboxylic acids is 2. The van der Waals surface area contributed by atoms with Gasteiger partial charge in [0.2, 0.25) is 11.8 Å². The molecule has 0 unspecified atom stereocenters. The highest BCUT2D eigenvalue weighted by Gasteiger charge is 2.30. The summed E-state index contributed by atoms with van der Waals surface area (Å²) in [6, 6.07) is 22.9. The Labute approximate surface area is 223 Å². The minimum Gasteiger partial charge on any atom is -0.497 e. The predicted octanol–water partition coefficient (Wildman–Crippen LogP) is 5.62. The number of hydrogen-bond donors (Lipinski definition) is 1. The number of ether oxygens (including phenoxy) is 1. The van der Waals surface area contributed by atoms with E-state index in [4.69, 9.17) is 4.74 Å². The molecular formula is C30H35FN2O3S. The van der Waals surface area contributed by atoms with Crippen LogP contribution in [0, 0.1) is 5.82 Å². The van der Waals surface area contributed by atoms with Crippen LogP contribution in [0.3, 0.4) is 0 Å². The van der Waals surface area contributed by atoms with Gasteiger partial charge in [0.05, 0.1) is 12.9 Å². The summed E-state index contributed by atoms with van der Waals surface area (Å²) in [7, 11) is 1.63. The zero-order valence-corrected chi connectivity index (χ0v) is 22.3. The zero-order valence-electron chi connectivity index (χ0n) is 21.5. The SMILES string of the molecule is CCCCNC(=O)[C@@H](Cc1ccccc1)N(Cc1ccc(F)cc1)C(=O)CSCc1ccc(OC)cc1. The number of nitrogens with one attached hydrogen (secondary N) is 1. The van der Waals surface area contributed by atoms with Crippen molar-refractivity contribution in [1.82, 2.24) is 10.2 Å². The van der Waals surface area contributed by atoms with Crippen molar-refractivity contribution in [2.75, 3.05) is 19.4 Å². The van der Waals surface area contributed by atoms with Crippen LogP contribution in [-0.4, -0.2) is 42.2 Å². The molecule has 5 nitrogen and oxygen atoms in total. The number of rotatable bonds is 14. The molecule has 0 aliphatic carbocycles. The Bertz CT molecular complexity index is 1110. The number of unbranched alkanes of at least 4 members (excludes halogenated alkanes) is 1. The van der Waals surface area contributed by atoms with E-state index in [1.807, 2.05) is 54.6 Å². The molecule has 0 radical (unpaired) electrons. The van der Waals surface area contributed by atoms with Crippen molar-refractivity contribution in [3.8, 4) is 5.75 Å². The monoisotopic (exact) mass is 522 g/mol. The topological polar surface area (TPSA) is 58.6 Å². The summed E-state index contributed by atoms with van der Waals surface area (Å²) in [5.41, 5.74) is 2.83. The van der Waals surface area contributed by atoms with E-state index in [0.29, 0.717) is 18.7 Å². The smallest absolute Gasteiger partial charge is 0.243 e. The zero-order chi connectivity index (χ0) is 26.5. The number of halogens is 1. The van der Waals surface area contributed by atoms with E-state index in [-0.39, 0.29) is 29.9 Å². The Morgan fingerprint density at radius 2 is 1.62 bits per heavy atom. The first kappa shape index (κ1) is 28.3. The standard InChI is InChI=1S/C30H35FN2O3S/c1-3-4-18-32-30(35)28(19-23-8-6-5-7-9-23)33(20-24-10-14-26(31)15-11-24)29(34)22-37-21-25-12-16-27(36-2)17-13-25/h5-17,28H,3-4,18-22H2,1-2H3,(H,32,35)/t28-/m1/s1. The molecule has 0 aliphatic rings. The number of methoxy groups -OCH3 is 1. The molecule has 2 amide bonds. The lowest BCUT2D eigenvalue weighted by Crippen LogP contribution is -2.51. The first-order chi connectivity index (χ1) is 18.0. The van der Waals surface area contributed by atoms with E-state index >= 15 is 0 Å². The summed E-state index contributed by atoms with van der Waals surface area (Å²) in [5.74, 6) is 1.03. The first-order valence-electron chi connectivity index (χ1n) is 12.6. The van der Waals surface area contributed by atoms with Gasteiger partial charge in [-0.3, -0.25) is 9.59 Å². The molecule has 0 aliphatic heterocycles. The van der Waals surface area contributed by atoms with Crippen molar-refractivity contribution < 1.29 is 18.7 Å². The van der Waals surface area contributed by atoms with Crippen LogP contribution in [0.2, 0.25) is 0 Å². The lowest BCUT2D eigenvalue weighted by Gasteiger charge is -2.31. The molecule has 0 aromatic heterocycles. The number of hydrogen-bond acceptors (Lipinski definition) is 4. The normalized spacial score (nSPS) is 11.5. The minimum atomic E-state index is -0.682. The molecule has 1 N–H and O–H groups in total. The fraction of sp³-hybridized carbons (Fsp3) is 0.333. The molecule has 0 saturated heterocycles. The Morgan fingerprint density at radius 3 is 2.27 bits per heavy atom. The van der Waals surface area contributed by atoms with Crippen LogP contribution in [0.4, 0.5) is 4.39 Å². The average molecular weight is 523 g/mol. The molecular weight excluding hydrogens is 487 g/mol. The van der Waals surface area contributed by atoms with Gasteiger partial charge in [0.25, 0.3) is 0 Å². The summed E-state index contributed by atoms with van der Waals surface area (Å²) in [6.07, 6.45) is 2.23. The molecule has 3 aromatic carbocycles. The third kappa shape index (κ3) is 9.25. The Kier molecular flexibility index (Phi) is 11.5. The predicted molar refractivity (Wildman–Crippen MR) is 148 cm³/mol. The summed E-state index contributed by atoms with van der Waals surface area (Å²) >= 11 is 1.50. The summed E-state index contributed by atoms with van der Waals surface area (Å²) in [5, 5.41) is 3.02. The van der Waals surface area contributed by atoms with Crippen LogP contribution in [0.15, 0.2) is 78.9 Å². The Morgan fingerprint density at radius 1 is 0.946 bits per heavy atom. The highest BCUT2D eigenvalue weighted by atomic mass is 32.2. The fourth-order valence-electron chi connectivity index (χ4n) is 3.91. The van der Waals surface area contributed by atoms with Gasteiger partial charge < -0.3 is 15.0 Å². The lowest BCUT2D eigenvalue weighted by molar-refractivity contribution is -0.139. The first-order valence-corrected chi connectivity index (χ1v) is 13.7. The molecule has 3 rings (SSSR count). The Hall–Kier alpha value is -3.32. The van der Waals surface area contributed by atoms with Gasteiger partial charge in [-0.25, -0.2) is 4.39 Å². The highest BCUT2D eigenvalue weighted by molar-refractivity contribution is 7.99. The van der Waals surface area contributed by atoms with Gasteiger partial charge in [-0.05, 0) is 47.4 Å². The van der Waals surface area contributed by atoms with Gasteiger partial charge in [0.1, 0.15) is 17.6 Å². The van der Waals surface area contributed by atoms with Crippen LogP contribution in [-0.2, 0) is 28.3 Å². The van der Waals surface area contributed by atoms with Crippen molar-refractivity contribution >= 4 is 23.6 Å². The molecule has 37 heavy (non-hydrogen) atoms. The van der Waals surface area contributed by atoms with Crippen LogP contribution in [0.5, 0.6) is 5.75 Å². The molecule has 0 spiro atoms. The number of amides is 2. The molecule has 3 aromatic rings. The Balaban J connectivity index is 1.80. The number of thioether (sulfide) groups is 1. The van der Waals surface area contributed by atoms with Gasteiger partial charge in [0.15, 0.2) is 0 Å². The van der Waals surface area contributed by atoms with E-state index in [1.165, 1.54) is 23.9 Å². The van der Waals surface area contributed by atoms with Crippen molar-refractivity contribution in [3.05, 3.63) is 101 Å². The van der Waals surface area contributed by atoms with Crippen LogP contribution < -0.4 is 10.1 Å². The van der Waals surface area contributed by atoms with E-state index in [2.05, 4.69) is 12.2 Å². The van der Waals surface area contributed by atoms with Crippen LogP contribution in [0.1, 0.15) is 36.5 Å². The van der Waals surface area contributed by atoms with E-state index in [9.17, 15) is 14.0 Å². The van der Waals surface area contributed by atoms with Crippen LogP contribution in [0.25, 0.3) is 0 Å². The van der Waals surface area contributed by atoms with Crippen molar-refractivity contribution in [2.24, 2.45) is 0 Å². The maximum absolute atomic E-state index is 13.6. The quantitative estimate of drug-likeness (QED) is 0.279. The maximum atomic E-state index is 13.6. The van der Waals surface area contributed by atoms with Crippen LogP contribution >= 0.6 is 11.8 Å². The van der Waals surface area contributed by atoms with Crippen molar-refractivity contribution in [3.63, 3.8) is 0 Å². The molecule has 0 saturated carbocycles. The third-order valence-electron chi connectivity index (χ3n) is 6.02. The summed E-state index contributed by atoms with van der Waals surface area (Å²) in [4.78, 5) is 28.6. The molecule has 1 atom stereocenters. The number of nitrogens with zero attached hydrogens (tertiary/aromatic N) is 1. The van der Waals surface area contributed by atoms with E-state index in [1.54, 1.807) is 24.1 Å². The molecule has 0 fully saturated rings. The summed E-state index contributed by atoms with van der Waals surface area (Å²) < 4.78 is 18.8. The fourth-order valence-corrected chi connectivity index (χ4v) is 4.78. The lowest BCUT2D eigenvalue weighted by atomic mass is 10.0. The second-order valence-corrected chi connectivity index (χ2v) is 9.82. The second kappa shape index (κ2) is 15.1. The minimum absolute atomic E-state index is 0.130. The molecule has 196 valence electrons. The van der Waals surface area contributed by atoms with Crippen molar-refractivity contribution in [1.29, 1.82) is 0 Å². The molecule has 0 heterocycles. The largest absolute Gasteiger partial charge is 0.497 e. The van der Waals surface area contributed by atoms with Gasteiger partial charge in [-0.15, -0.1) is 11.8 Å². The number of carbonyl (C=O) groups is 2. The summed E-state index contributed by atoms with van der Waals surface area (Å²) in [6.45, 7) is 2.85. The number of benzene rings is 3. The van der Waals surface area contributed by atoms with Gasteiger partial charge >= 0.3 is 0 Å². The van der Waals surface area contributed by atoms with Gasteiger partial charge in [-0.2, -0.15) is 0 Å². The molecule has 0 bridgehead atoms. The molecule has 7 heteroatoms. The third-order valence-corrected chi connectivity index (χ3v) is 7.01. The van der Waals surface area contributed by atoms with E-state index < -0.39 is 6.04 Å². The maximum Gasteiger partial charge on any atom is 0.243 e. The second-order valence-electron chi connectivity index (χ2n) is 8.84. The van der Waals surface area contributed by atoms with Gasteiger partial charge in [0, 0.05) is 25.3 Å². The van der Waals surface area contributed by atoms with Crippen molar-refractivity contribution in [2.45, 2.75) is 44.5 Å². The van der Waals surface area contributed by atoms with Gasteiger partial charge in [-0.1, -0.05) is 67.9 Å².